The lowest BCUT2D eigenvalue weighted by molar-refractivity contribution is 0.0554. The van der Waals surface area contributed by atoms with Gasteiger partial charge >= 0.3 is 11.9 Å². The van der Waals surface area contributed by atoms with Gasteiger partial charge in [0.25, 0.3) is 0 Å². The second-order valence-corrected chi connectivity index (χ2v) is 3.48. The number of rotatable bonds is 4. The number of hydrogen-bond donors (Lipinski definition) is 0. The molecular weight excluding hydrogens is 220 g/mol. The van der Waals surface area contributed by atoms with Crippen molar-refractivity contribution in [3.05, 3.63) is 47.7 Å². The van der Waals surface area contributed by atoms with Crippen molar-refractivity contribution in [2.24, 2.45) is 0 Å². The number of carbonyl (C=O) groups excluding carboxylic acids is 1. The van der Waals surface area contributed by atoms with Crippen LogP contribution in [0.4, 0.5) is 0 Å². The summed E-state index contributed by atoms with van der Waals surface area (Å²) in [6, 6.07) is 9.97. The molecule has 1 heterocycles. The highest BCUT2D eigenvalue weighted by Gasteiger charge is 2.14. The Balaban J connectivity index is 1.96. The van der Waals surface area contributed by atoms with E-state index in [1.807, 2.05) is 30.3 Å². The van der Waals surface area contributed by atoms with E-state index in [0.29, 0.717) is 12.3 Å². The molecule has 5 nitrogen and oxygen atoms in total. The topological polar surface area (TPSA) is 65.2 Å². The van der Waals surface area contributed by atoms with Gasteiger partial charge in [-0.05, 0) is 12.0 Å². The SMILES string of the molecule is COC(=O)c1nnc(CCc2ccccc2)o1. The van der Waals surface area contributed by atoms with E-state index in [0.717, 1.165) is 6.42 Å². The molecular formula is C12H12N2O3. The molecule has 0 saturated carbocycles. The number of carbonyl (C=O) groups is 1. The van der Waals surface area contributed by atoms with Crippen molar-refractivity contribution in [1.29, 1.82) is 0 Å². The van der Waals surface area contributed by atoms with Crippen molar-refractivity contribution >= 4 is 5.97 Å². The standard InChI is InChI=1S/C12H12N2O3/c1-16-12(15)11-14-13-10(17-11)8-7-9-5-3-2-4-6-9/h2-6H,7-8H2,1H3. The minimum atomic E-state index is -0.608. The third kappa shape index (κ3) is 2.90. The Morgan fingerprint density at radius 2 is 2.00 bits per heavy atom. The Morgan fingerprint density at radius 3 is 2.71 bits per heavy atom. The number of hydrogen-bond acceptors (Lipinski definition) is 5. The number of aryl methyl sites for hydroxylation is 2. The fourth-order valence-electron chi connectivity index (χ4n) is 1.42. The number of esters is 1. The second kappa shape index (κ2) is 5.25. The average Bonchev–Trinajstić information content (AvgIpc) is 2.85. The summed E-state index contributed by atoms with van der Waals surface area (Å²) in [6.07, 6.45) is 1.40. The summed E-state index contributed by atoms with van der Waals surface area (Å²) in [5.74, 6) is -0.270. The maximum Gasteiger partial charge on any atom is 0.396 e. The van der Waals surface area contributed by atoms with Crippen molar-refractivity contribution in [2.75, 3.05) is 7.11 Å². The summed E-state index contributed by atoms with van der Waals surface area (Å²) in [7, 11) is 1.27. The van der Waals surface area contributed by atoms with E-state index in [9.17, 15) is 4.79 Å². The van der Waals surface area contributed by atoms with Crippen molar-refractivity contribution in [3.63, 3.8) is 0 Å². The van der Waals surface area contributed by atoms with Gasteiger partial charge in [0, 0.05) is 6.42 Å². The molecule has 0 radical (unpaired) electrons. The zero-order valence-electron chi connectivity index (χ0n) is 9.42. The van der Waals surface area contributed by atoms with E-state index in [1.54, 1.807) is 0 Å². The molecule has 0 fully saturated rings. The molecule has 1 aromatic carbocycles. The average molecular weight is 232 g/mol. The summed E-state index contributed by atoms with van der Waals surface area (Å²) in [4.78, 5) is 11.1. The summed E-state index contributed by atoms with van der Waals surface area (Å²) >= 11 is 0. The molecule has 0 aliphatic heterocycles. The van der Waals surface area contributed by atoms with Crippen LogP contribution in [0.25, 0.3) is 0 Å². The van der Waals surface area contributed by atoms with Gasteiger partial charge in [-0.1, -0.05) is 30.3 Å². The third-order valence-corrected chi connectivity index (χ3v) is 2.30. The Morgan fingerprint density at radius 1 is 1.24 bits per heavy atom. The van der Waals surface area contributed by atoms with Gasteiger partial charge in [-0.15, -0.1) is 10.2 Å². The van der Waals surface area contributed by atoms with Crippen molar-refractivity contribution in [2.45, 2.75) is 12.8 Å². The highest BCUT2D eigenvalue weighted by molar-refractivity contribution is 5.83. The van der Waals surface area contributed by atoms with Crippen LogP contribution >= 0.6 is 0 Å². The number of methoxy groups -OCH3 is 1. The Kier molecular flexibility index (Phi) is 3.49. The highest BCUT2D eigenvalue weighted by Crippen LogP contribution is 2.07. The van der Waals surface area contributed by atoms with E-state index < -0.39 is 5.97 Å². The van der Waals surface area contributed by atoms with Gasteiger partial charge in [0.2, 0.25) is 5.89 Å². The van der Waals surface area contributed by atoms with Crippen LogP contribution in [0.5, 0.6) is 0 Å². The Hall–Kier alpha value is -2.17. The van der Waals surface area contributed by atoms with Gasteiger partial charge in [-0.25, -0.2) is 4.79 Å². The van der Waals surface area contributed by atoms with Crippen LogP contribution in [0.2, 0.25) is 0 Å². The molecule has 0 saturated heterocycles. The lowest BCUT2D eigenvalue weighted by Crippen LogP contribution is -2.00. The molecule has 0 aliphatic carbocycles. The van der Waals surface area contributed by atoms with Crippen LogP contribution < -0.4 is 0 Å². The molecule has 2 aromatic rings. The molecule has 1 aromatic heterocycles. The van der Waals surface area contributed by atoms with E-state index in [4.69, 9.17) is 4.42 Å². The van der Waals surface area contributed by atoms with Gasteiger partial charge in [-0.3, -0.25) is 0 Å². The normalized spacial score (nSPS) is 10.2. The zero-order chi connectivity index (χ0) is 12.1. The molecule has 0 bridgehead atoms. The third-order valence-electron chi connectivity index (χ3n) is 2.30. The zero-order valence-corrected chi connectivity index (χ0v) is 9.42. The van der Waals surface area contributed by atoms with Crippen LogP contribution in [0, 0.1) is 0 Å². The number of nitrogens with zero attached hydrogens (tertiary/aromatic N) is 2. The molecule has 0 spiro atoms. The lowest BCUT2D eigenvalue weighted by atomic mass is 10.1. The summed E-state index contributed by atoms with van der Waals surface area (Å²) < 4.78 is 9.64. The van der Waals surface area contributed by atoms with Gasteiger partial charge in [0.1, 0.15) is 0 Å². The number of aromatic nitrogens is 2. The number of benzene rings is 1. The highest BCUT2D eigenvalue weighted by atomic mass is 16.5. The van der Waals surface area contributed by atoms with Crippen LogP contribution in [-0.2, 0) is 17.6 Å². The Bertz CT molecular complexity index is 493. The van der Waals surface area contributed by atoms with E-state index in [1.165, 1.54) is 12.7 Å². The molecule has 0 N–H and O–H groups in total. The van der Waals surface area contributed by atoms with Crippen molar-refractivity contribution < 1.29 is 13.9 Å². The van der Waals surface area contributed by atoms with Gasteiger partial charge in [0.15, 0.2) is 0 Å². The molecule has 0 aliphatic rings. The minimum absolute atomic E-state index is 0.101. The molecule has 5 heteroatoms. The molecule has 0 unspecified atom stereocenters. The molecule has 0 amide bonds. The first kappa shape index (κ1) is 11.3. The first-order valence-corrected chi connectivity index (χ1v) is 5.24. The smallest absolute Gasteiger partial charge is 0.396 e. The predicted molar refractivity (Wildman–Crippen MR) is 59.5 cm³/mol. The van der Waals surface area contributed by atoms with Crippen LogP contribution in [0.15, 0.2) is 34.7 Å². The Labute approximate surface area is 98.4 Å². The maximum atomic E-state index is 11.1. The van der Waals surface area contributed by atoms with Crippen LogP contribution in [-0.4, -0.2) is 23.3 Å². The second-order valence-electron chi connectivity index (χ2n) is 3.48. The van der Waals surface area contributed by atoms with Crippen LogP contribution in [0.3, 0.4) is 0 Å². The van der Waals surface area contributed by atoms with E-state index >= 15 is 0 Å². The van der Waals surface area contributed by atoms with Gasteiger partial charge in [0.05, 0.1) is 7.11 Å². The van der Waals surface area contributed by atoms with Crippen molar-refractivity contribution in [3.8, 4) is 0 Å². The number of ether oxygens (including phenoxy) is 1. The van der Waals surface area contributed by atoms with Gasteiger partial charge in [-0.2, -0.15) is 0 Å². The molecule has 2 rings (SSSR count). The lowest BCUT2D eigenvalue weighted by Gasteiger charge is -1.96. The molecule has 17 heavy (non-hydrogen) atoms. The largest absolute Gasteiger partial charge is 0.462 e. The fraction of sp³-hybridized carbons (Fsp3) is 0.250. The first-order chi connectivity index (χ1) is 8.29. The monoisotopic (exact) mass is 232 g/mol. The van der Waals surface area contributed by atoms with Gasteiger partial charge < -0.3 is 9.15 Å². The summed E-state index contributed by atoms with van der Waals surface area (Å²) in [5.41, 5.74) is 1.19. The summed E-state index contributed by atoms with van der Waals surface area (Å²) in [6.45, 7) is 0. The van der Waals surface area contributed by atoms with E-state index in [2.05, 4.69) is 14.9 Å². The maximum absolute atomic E-state index is 11.1. The van der Waals surface area contributed by atoms with Crippen molar-refractivity contribution in [1.82, 2.24) is 10.2 Å². The van der Waals surface area contributed by atoms with E-state index in [-0.39, 0.29) is 5.89 Å². The molecule has 0 atom stereocenters. The predicted octanol–water partition coefficient (Wildman–Crippen LogP) is 1.64. The fourth-order valence-corrected chi connectivity index (χ4v) is 1.42. The van der Waals surface area contributed by atoms with Crippen LogP contribution in [0.1, 0.15) is 22.1 Å². The summed E-state index contributed by atoms with van der Waals surface area (Å²) in [5, 5.41) is 7.39. The minimum Gasteiger partial charge on any atom is -0.462 e. The quantitative estimate of drug-likeness (QED) is 0.750. The molecule has 88 valence electrons. The first-order valence-electron chi connectivity index (χ1n) is 5.24.